The molecule has 0 fully saturated rings. The van der Waals surface area contributed by atoms with E-state index in [-0.39, 0.29) is 22.7 Å². The quantitative estimate of drug-likeness (QED) is 0.303. The van der Waals surface area contributed by atoms with E-state index in [0.717, 1.165) is 29.8 Å². The summed E-state index contributed by atoms with van der Waals surface area (Å²) in [6.07, 6.45) is -3.25. The fourth-order valence-corrected chi connectivity index (χ4v) is 2.97. The van der Waals surface area contributed by atoms with Crippen LogP contribution in [-0.4, -0.2) is 16.0 Å². The molecule has 0 atom stereocenters. The van der Waals surface area contributed by atoms with Gasteiger partial charge in [0.25, 0.3) is 5.91 Å². The smallest absolute Gasteiger partial charge is 0.416 e. The van der Waals surface area contributed by atoms with Crippen molar-refractivity contribution in [1.82, 2.24) is 4.98 Å². The Morgan fingerprint density at radius 2 is 1.50 bits per heavy atom. The van der Waals surface area contributed by atoms with Crippen molar-refractivity contribution < 1.29 is 27.8 Å². The normalized spacial score (nSPS) is 10.7. The molecule has 6 nitrogen and oxygen atoms in total. The van der Waals surface area contributed by atoms with Gasteiger partial charge in [0.05, 0.1) is 11.1 Å². The summed E-state index contributed by atoms with van der Waals surface area (Å²) in [5.41, 5.74) is 0.846. The van der Waals surface area contributed by atoms with Crippen LogP contribution < -0.4 is 15.6 Å². The molecule has 0 aliphatic carbocycles. The molecule has 0 spiro atoms. The number of carbonyl (C=O) groups excluding carboxylic acids is 1. The van der Waals surface area contributed by atoms with E-state index in [1.807, 2.05) is 26.0 Å². The summed E-state index contributed by atoms with van der Waals surface area (Å²) in [5.74, 6) is -0.340. The highest BCUT2D eigenvalue weighted by Crippen LogP contribution is 2.35. The number of hydrogen-bond acceptors (Lipinski definition) is 4. The van der Waals surface area contributed by atoms with E-state index in [1.165, 1.54) is 17.8 Å². The number of carbonyl (C=O) groups is 1. The molecule has 3 N–H and O–H groups in total. The first-order valence-electron chi connectivity index (χ1n) is 10.7. The van der Waals surface area contributed by atoms with Crippen molar-refractivity contribution in [3.05, 3.63) is 118 Å². The van der Waals surface area contributed by atoms with Gasteiger partial charge >= 0.3 is 6.18 Å². The third kappa shape index (κ3) is 7.49. The van der Waals surface area contributed by atoms with Crippen LogP contribution in [0.5, 0.6) is 17.2 Å². The first-order chi connectivity index (χ1) is 17.0. The van der Waals surface area contributed by atoms with Gasteiger partial charge in [-0.3, -0.25) is 9.59 Å². The minimum Gasteiger partial charge on any atom is -0.508 e. The molecule has 3 aromatic carbocycles. The summed E-state index contributed by atoms with van der Waals surface area (Å²) < 4.78 is 44.8. The van der Waals surface area contributed by atoms with Crippen molar-refractivity contribution >= 4 is 11.6 Å². The molecule has 0 saturated carbocycles. The minimum atomic E-state index is -4.59. The van der Waals surface area contributed by atoms with Crippen LogP contribution in [0.15, 0.2) is 89.9 Å². The van der Waals surface area contributed by atoms with Crippen molar-refractivity contribution in [2.75, 3.05) is 5.32 Å². The summed E-state index contributed by atoms with van der Waals surface area (Å²) >= 11 is 0. The number of aromatic amines is 1. The van der Waals surface area contributed by atoms with Crippen LogP contribution in [-0.2, 0) is 6.18 Å². The Morgan fingerprint density at radius 3 is 2.06 bits per heavy atom. The number of hydrogen-bond donors (Lipinski definition) is 3. The maximum atomic E-state index is 13.1. The summed E-state index contributed by atoms with van der Waals surface area (Å²) in [5, 5.41) is 11.2. The molecule has 1 aromatic heterocycles. The fourth-order valence-electron chi connectivity index (χ4n) is 2.97. The number of aryl methyl sites for hydroxylation is 2. The van der Waals surface area contributed by atoms with E-state index in [9.17, 15) is 22.8 Å². The second-order valence-corrected chi connectivity index (χ2v) is 7.86. The summed E-state index contributed by atoms with van der Waals surface area (Å²) in [7, 11) is 0. The minimum absolute atomic E-state index is 0.103. The van der Waals surface area contributed by atoms with Gasteiger partial charge < -0.3 is 20.1 Å². The maximum Gasteiger partial charge on any atom is 0.416 e. The molecule has 0 aliphatic rings. The predicted molar refractivity (Wildman–Crippen MR) is 131 cm³/mol. The van der Waals surface area contributed by atoms with Crippen molar-refractivity contribution in [2.45, 2.75) is 20.0 Å². The van der Waals surface area contributed by atoms with Crippen molar-refractivity contribution in [3.8, 4) is 17.2 Å². The van der Waals surface area contributed by atoms with Crippen LogP contribution in [0.1, 0.15) is 27.0 Å². The zero-order valence-corrected chi connectivity index (χ0v) is 19.4. The second-order valence-electron chi connectivity index (χ2n) is 7.86. The highest BCUT2D eigenvalue weighted by molar-refractivity contribution is 6.06. The van der Waals surface area contributed by atoms with Gasteiger partial charge in [-0.05, 0) is 62.4 Å². The first-order valence-corrected chi connectivity index (χ1v) is 10.7. The van der Waals surface area contributed by atoms with Crippen molar-refractivity contribution in [2.24, 2.45) is 0 Å². The molecule has 9 heteroatoms. The lowest BCUT2D eigenvalue weighted by Gasteiger charge is -2.14. The van der Waals surface area contributed by atoms with Gasteiger partial charge in [0.15, 0.2) is 0 Å². The zero-order chi connectivity index (χ0) is 26.3. The lowest BCUT2D eigenvalue weighted by molar-refractivity contribution is -0.137. The van der Waals surface area contributed by atoms with E-state index in [4.69, 9.17) is 9.84 Å². The van der Waals surface area contributed by atoms with Crippen molar-refractivity contribution in [1.29, 1.82) is 0 Å². The fraction of sp³-hybridized carbons (Fsp3) is 0.111. The largest absolute Gasteiger partial charge is 0.508 e. The predicted octanol–water partition coefficient (Wildman–Crippen LogP) is 6.45. The monoisotopic (exact) mass is 496 g/mol. The number of anilines is 1. The molecule has 186 valence electrons. The second kappa shape index (κ2) is 11.3. The van der Waals surface area contributed by atoms with E-state index in [2.05, 4.69) is 10.3 Å². The highest BCUT2D eigenvalue weighted by Gasteiger charge is 2.32. The molecular formula is C27H23F3N2O4. The number of rotatable bonds is 4. The van der Waals surface area contributed by atoms with E-state index >= 15 is 0 Å². The molecule has 36 heavy (non-hydrogen) atoms. The third-order valence-corrected chi connectivity index (χ3v) is 4.87. The molecule has 1 amide bonds. The number of ether oxygens (including phenoxy) is 1. The molecule has 1 heterocycles. The molecule has 0 unspecified atom stereocenters. The van der Waals surface area contributed by atoms with Gasteiger partial charge in [-0.15, -0.1) is 0 Å². The zero-order valence-electron chi connectivity index (χ0n) is 19.4. The number of nitrogens with one attached hydrogen (secondary N) is 2. The molecule has 0 saturated heterocycles. The first kappa shape index (κ1) is 26.1. The number of pyridine rings is 1. The van der Waals surface area contributed by atoms with Crippen LogP contribution >= 0.6 is 0 Å². The number of phenols is 1. The number of aromatic hydroxyl groups is 1. The van der Waals surface area contributed by atoms with Gasteiger partial charge in [0.1, 0.15) is 17.2 Å². The van der Waals surface area contributed by atoms with Gasteiger partial charge in [-0.1, -0.05) is 35.4 Å². The van der Waals surface area contributed by atoms with Gasteiger partial charge in [-0.2, -0.15) is 13.2 Å². The summed E-state index contributed by atoms with van der Waals surface area (Å²) in [6, 6.07) is 19.0. The standard InChI is InChI=1S/C20H15F3N2O3.C7H8O/c1-12-2-5-15(6-3-12)28-17-10-13(20(21,22)23)4-7-16(17)19(27)25-14-8-9-24-18(26)11-14;1-6-2-4-7(8)5-3-6/h2-11H,1H3,(H2,24,25,26,27);2-5,8H,1H3. The number of benzene rings is 3. The molecule has 0 bridgehead atoms. The molecule has 4 aromatic rings. The van der Waals surface area contributed by atoms with Crippen molar-refractivity contribution in [3.63, 3.8) is 0 Å². The number of amides is 1. The van der Waals surface area contributed by atoms with Gasteiger partial charge in [-0.25, -0.2) is 0 Å². The maximum absolute atomic E-state index is 13.1. The number of H-pyrrole nitrogens is 1. The Labute approximate surface area is 205 Å². The van der Waals surface area contributed by atoms with Gasteiger partial charge in [0.2, 0.25) is 5.56 Å². The van der Waals surface area contributed by atoms with Crippen LogP contribution in [0.3, 0.4) is 0 Å². The van der Waals surface area contributed by atoms with E-state index in [1.54, 1.807) is 36.4 Å². The summed E-state index contributed by atoms with van der Waals surface area (Å²) in [6.45, 7) is 3.84. The van der Waals surface area contributed by atoms with Crippen LogP contribution in [0, 0.1) is 13.8 Å². The Balaban J connectivity index is 0.000000383. The van der Waals surface area contributed by atoms with Crippen LogP contribution in [0.25, 0.3) is 0 Å². The van der Waals surface area contributed by atoms with E-state index in [0.29, 0.717) is 5.75 Å². The van der Waals surface area contributed by atoms with Crippen LogP contribution in [0.2, 0.25) is 0 Å². The third-order valence-electron chi connectivity index (χ3n) is 4.87. The lowest BCUT2D eigenvalue weighted by atomic mass is 10.1. The Morgan fingerprint density at radius 1 is 0.889 bits per heavy atom. The Bertz CT molecular complexity index is 1360. The summed E-state index contributed by atoms with van der Waals surface area (Å²) in [4.78, 5) is 26.3. The number of aromatic nitrogens is 1. The average Bonchev–Trinajstić information content (AvgIpc) is 2.82. The molecule has 0 aliphatic heterocycles. The molecular weight excluding hydrogens is 473 g/mol. The SMILES string of the molecule is Cc1ccc(O)cc1.Cc1ccc(Oc2cc(C(F)(F)F)ccc2C(=O)Nc2cc[nH]c(=O)c2)cc1. The van der Waals surface area contributed by atoms with Gasteiger partial charge in [0, 0.05) is 18.0 Å². The molecule has 0 radical (unpaired) electrons. The average molecular weight is 496 g/mol. The Hall–Kier alpha value is -4.53. The highest BCUT2D eigenvalue weighted by atomic mass is 19.4. The number of phenolic OH excluding ortho intramolecular Hbond substituents is 1. The van der Waals surface area contributed by atoms with E-state index < -0.39 is 23.2 Å². The lowest BCUT2D eigenvalue weighted by Crippen LogP contribution is -2.16. The number of halogens is 3. The van der Waals surface area contributed by atoms with Crippen LogP contribution in [0.4, 0.5) is 18.9 Å². The topological polar surface area (TPSA) is 91.4 Å². The Kier molecular flexibility index (Phi) is 8.16. The number of alkyl halides is 3. The molecule has 4 rings (SSSR count).